The summed E-state index contributed by atoms with van der Waals surface area (Å²) in [5.41, 5.74) is 0. The Balaban J connectivity index is 2.11. The molecule has 21 heavy (non-hydrogen) atoms. The van der Waals surface area contributed by atoms with Gasteiger partial charge in [0.05, 0.1) is 0 Å². The highest BCUT2D eigenvalue weighted by Gasteiger charge is 2.54. The smallest absolute Gasteiger partial charge is 0.335 e. The van der Waals surface area contributed by atoms with Crippen molar-refractivity contribution in [3.05, 3.63) is 0 Å². The average molecular weight is 335 g/mol. The highest BCUT2D eigenvalue weighted by molar-refractivity contribution is 6.38. The van der Waals surface area contributed by atoms with Crippen molar-refractivity contribution in [2.75, 3.05) is 0 Å². The number of hydrogen-bond donors (Lipinski definition) is 0. The topological polar surface area (TPSA) is 77.5 Å². The van der Waals surface area contributed by atoms with Crippen LogP contribution in [0.15, 0.2) is 0 Å². The van der Waals surface area contributed by atoms with Crippen LogP contribution in [0.4, 0.5) is 0 Å². The van der Waals surface area contributed by atoms with Gasteiger partial charge in [-0.1, -0.05) is 12.8 Å². The Morgan fingerprint density at radius 3 is 1.62 bits per heavy atom. The Morgan fingerprint density at radius 2 is 1.29 bits per heavy atom. The molecule has 0 bridgehead atoms. The number of alkyl halides is 2. The number of ether oxygens (including phenoxy) is 1. The van der Waals surface area contributed by atoms with Crippen LogP contribution in [0.2, 0.25) is 0 Å². The third-order valence-corrected chi connectivity index (χ3v) is 5.73. The summed E-state index contributed by atoms with van der Waals surface area (Å²) >= 11 is 12.4. The molecule has 2 rings (SSSR count). The summed E-state index contributed by atoms with van der Waals surface area (Å²) in [4.78, 5) is 43.3. The van der Waals surface area contributed by atoms with Gasteiger partial charge >= 0.3 is 11.9 Å². The van der Waals surface area contributed by atoms with Gasteiger partial charge in [0.2, 0.25) is 0 Å². The van der Waals surface area contributed by atoms with Crippen molar-refractivity contribution in [2.45, 2.75) is 48.3 Å². The molecular weight excluding hydrogens is 319 g/mol. The van der Waals surface area contributed by atoms with Gasteiger partial charge in [-0.05, 0) is 25.7 Å². The van der Waals surface area contributed by atoms with Crippen LogP contribution in [0, 0.1) is 11.8 Å². The van der Waals surface area contributed by atoms with Crippen LogP contribution < -0.4 is 0 Å². The molecule has 0 aromatic rings. The number of rotatable bonds is 4. The van der Waals surface area contributed by atoms with E-state index in [9.17, 15) is 19.2 Å². The molecule has 0 spiro atoms. The molecule has 2 fully saturated rings. The number of aldehydes is 2. The normalized spacial score (nSPS) is 39.0. The summed E-state index contributed by atoms with van der Waals surface area (Å²) in [5, 5.41) is 0. The minimum absolute atomic E-state index is 0.274. The number of carbonyl (C=O) groups is 4. The minimum Gasteiger partial charge on any atom is -0.390 e. The van der Waals surface area contributed by atoms with Crippen molar-refractivity contribution >= 4 is 47.7 Å². The van der Waals surface area contributed by atoms with Gasteiger partial charge in [0, 0.05) is 11.8 Å². The second-order valence-electron chi connectivity index (χ2n) is 5.67. The molecule has 4 atom stereocenters. The second kappa shape index (κ2) is 6.05. The summed E-state index contributed by atoms with van der Waals surface area (Å²) in [5.74, 6) is -3.23. The van der Waals surface area contributed by atoms with Crippen molar-refractivity contribution < 1.29 is 23.9 Å². The zero-order valence-corrected chi connectivity index (χ0v) is 12.9. The van der Waals surface area contributed by atoms with Gasteiger partial charge in [-0.25, -0.2) is 9.59 Å². The molecule has 0 aliphatic heterocycles. The third-order valence-electron chi connectivity index (χ3n) is 4.48. The molecule has 2 aliphatic rings. The van der Waals surface area contributed by atoms with Crippen molar-refractivity contribution in [3.8, 4) is 0 Å². The van der Waals surface area contributed by atoms with E-state index < -0.39 is 33.5 Å². The van der Waals surface area contributed by atoms with E-state index in [1.165, 1.54) is 0 Å². The van der Waals surface area contributed by atoms with Crippen molar-refractivity contribution in [1.29, 1.82) is 0 Å². The Bertz CT molecular complexity index is 438. The van der Waals surface area contributed by atoms with E-state index in [1.54, 1.807) is 0 Å². The third kappa shape index (κ3) is 2.73. The fourth-order valence-corrected chi connectivity index (χ4v) is 3.76. The van der Waals surface area contributed by atoms with Crippen LogP contribution in [-0.2, 0) is 23.9 Å². The summed E-state index contributed by atoms with van der Waals surface area (Å²) in [7, 11) is 0. The summed E-state index contributed by atoms with van der Waals surface area (Å²) in [6.45, 7) is 0. The quantitative estimate of drug-likeness (QED) is 0.340. The van der Waals surface area contributed by atoms with Crippen LogP contribution in [-0.4, -0.2) is 34.3 Å². The first-order valence-corrected chi connectivity index (χ1v) is 7.69. The maximum atomic E-state index is 12.2. The Labute approximate surface area is 132 Å². The molecule has 2 saturated carbocycles. The molecule has 0 aromatic carbocycles. The highest BCUT2D eigenvalue weighted by Crippen LogP contribution is 2.44. The number of esters is 2. The van der Waals surface area contributed by atoms with Crippen LogP contribution in [0.3, 0.4) is 0 Å². The van der Waals surface area contributed by atoms with E-state index in [1.807, 2.05) is 0 Å². The van der Waals surface area contributed by atoms with E-state index >= 15 is 0 Å². The molecule has 0 radical (unpaired) electrons. The predicted molar refractivity (Wildman–Crippen MR) is 75.1 cm³/mol. The number of halogens is 2. The summed E-state index contributed by atoms with van der Waals surface area (Å²) in [6.07, 6.45) is 3.97. The van der Waals surface area contributed by atoms with Gasteiger partial charge in [-0.3, -0.25) is 0 Å². The maximum absolute atomic E-state index is 12.2. The lowest BCUT2D eigenvalue weighted by molar-refractivity contribution is -0.165. The van der Waals surface area contributed by atoms with Crippen LogP contribution in [0.1, 0.15) is 38.5 Å². The van der Waals surface area contributed by atoms with E-state index in [4.69, 9.17) is 27.9 Å². The van der Waals surface area contributed by atoms with Crippen LogP contribution in [0.5, 0.6) is 0 Å². The van der Waals surface area contributed by atoms with E-state index in [2.05, 4.69) is 0 Å². The molecule has 0 amide bonds. The molecule has 116 valence electrons. The predicted octanol–water partition coefficient (Wildman–Crippen LogP) is 2.01. The molecule has 5 nitrogen and oxygen atoms in total. The molecule has 2 aliphatic carbocycles. The van der Waals surface area contributed by atoms with Gasteiger partial charge in [-0.2, -0.15) is 0 Å². The molecular formula is C14H16Cl2O5. The minimum atomic E-state index is -1.50. The Kier molecular flexibility index (Phi) is 4.73. The fraction of sp³-hybridized carbons (Fsp3) is 0.714. The van der Waals surface area contributed by atoms with Crippen molar-refractivity contribution in [2.24, 2.45) is 11.8 Å². The monoisotopic (exact) mass is 334 g/mol. The van der Waals surface area contributed by atoms with Gasteiger partial charge in [0.15, 0.2) is 9.75 Å². The van der Waals surface area contributed by atoms with Gasteiger partial charge in [-0.15, -0.1) is 23.2 Å². The Hall–Kier alpha value is -0.940. The van der Waals surface area contributed by atoms with Crippen LogP contribution in [0.25, 0.3) is 0 Å². The zero-order chi connectivity index (χ0) is 15.7. The number of hydrogen-bond acceptors (Lipinski definition) is 5. The van der Waals surface area contributed by atoms with Crippen molar-refractivity contribution in [1.82, 2.24) is 0 Å². The van der Waals surface area contributed by atoms with Crippen molar-refractivity contribution in [3.63, 3.8) is 0 Å². The fourth-order valence-electron chi connectivity index (χ4n) is 3.10. The van der Waals surface area contributed by atoms with Gasteiger partial charge < -0.3 is 14.3 Å². The maximum Gasteiger partial charge on any atom is 0.335 e. The molecule has 0 heterocycles. The molecule has 0 saturated heterocycles. The Morgan fingerprint density at radius 1 is 0.905 bits per heavy atom. The average Bonchev–Trinajstić information content (AvgIpc) is 3.03. The summed E-state index contributed by atoms with van der Waals surface area (Å²) in [6, 6.07) is 0. The van der Waals surface area contributed by atoms with Crippen LogP contribution >= 0.6 is 23.2 Å². The SMILES string of the molecule is O=CC1CCCC1(Cl)C(=O)OC(=O)C1(Cl)CCCC1C=O. The van der Waals surface area contributed by atoms with Gasteiger partial charge in [0.1, 0.15) is 12.6 Å². The standard InChI is InChI=1S/C14H16Cl2O5/c15-13(5-1-3-9(13)7-17)11(19)21-12(20)14(16)6-2-4-10(14)8-18/h7-10H,1-6H2. The van der Waals surface area contributed by atoms with E-state index in [0.717, 1.165) is 0 Å². The lowest BCUT2D eigenvalue weighted by Gasteiger charge is -2.26. The summed E-state index contributed by atoms with van der Waals surface area (Å²) < 4.78 is 4.83. The highest BCUT2D eigenvalue weighted by atomic mass is 35.5. The first-order chi connectivity index (χ1) is 9.88. The number of carbonyl (C=O) groups excluding carboxylic acids is 4. The molecule has 0 N–H and O–H groups in total. The molecule has 0 aromatic heterocycles. The first kappa shape index (κ1) is 16.4. The van der Waals surface area contributed by atoms with Gasteiger partial charge in [0.25, 0.3) is 0 Å². The van der Waals surface area contributed by atoms with E-state index in [-0.39, 0.29) is 12.8 Å². The zero-order valence-electron chi connectivity index (χ0n) is 11.3. The largest absolute Gasteiger partial charge is 0.390 e. The molecule has 4 unspecified atom stereocenters. The first-order valence-electron chi connectivity index (χ1n) is 6.93. The van der Waals surface area contributed by atoms with E-state index in [0.29, 0.717) is 38.3 Å². The lowest BCUT2D eigenvalue weighted by Crippen LogP contribution is -2.45. The molecule has 7 heteroatoms. The lowest BCUT2D eigenvalue weighted by atomic mass is 9.95. The second-order valence-corrected chi connectivity index (χ2v) is 7.02.